The topological polar surface area (TPSA) is 29.9 Å². The fourth-order valence-corrected chi connectivity index (χ4v) is 1.83. The van der Waals surface area contributed by atoms with Gasteiger partial charge in [0.15, 0.2) is 0 Å². The molecule has 1 N–H and O–H groups in total. The van der Waals surface area contributed by atoms with Crippen molar-refractivity contribution in [2.24, 2.45) is 7.05 Å². The van der Waals surface area contributed by atoms with Gasteiger partial charge in [0, 0.05) is 25.5 Å². The highest BCUT2D eigenvalue weighted by molar-refractivity contribution is 5.26. The number of nitrogens with one attached hydrogen (secondary N) is 1. The van der Waals surface area contributed by atoms with Crippen molar-refractivity contribution in [1.82, 2.24) is 9.55 Å². The Morgan fingerprint density at radius 3 is 2.71 bits per heavy atom. The van der Waals surface area contributed by atoms with Crippen LogP contribution >= 0.6 is 0 Å². The van der Waals surface area contributed by atoms with Crippen molar-refractivity contribution in [1.29, 1.82) is 0 Å². The molecule has 0 spiro atoms. The number of benzene rings is 1. The van der Waals surface area contributed by atoms with Gasteiger partial charge in [0.05, 0.1) is 0 Å². The van der Waals surface area contributed by atoms with E-state index < -0.39 is 0 Å². The molecule has 0 bridgehead atoms. The van der Waals surface area contributed by atoms with Crippen LogP contribution in [-0.4, -0.2) is 15.6 Å². The van der Waals surface area contributed by atoms with E-state index in [1.54, 1.807) is 0 Å². The van der Waals surface area contributed by atoms with E-state index in [0.29, 0.717) is 6.04 Å². The van der Waals surface area contributed by atoms with Crippen molar-refractivity contribution in [3.63, 3.8) is 0 Å². The normalized spacial score (nSPS) is 12.4. The van der Waals surface area contributed by atoms with E-state index in [-0.39, 0.29) is 0 Å². The molecule has 1 heterocycles. The van der Waals surface area contributed by atoms with Crippen LogP contribution in [0.15, 0.2) is 42.7 Å². The molecule has 2 rings (SSSR count). The van der Waals surface area contributed by atoms with Gasteiger partial charge < -0.3 is 9.88 Å². The lowest BCUT2D eigenvalue weighted by Crippen LogP contribution is -2.18. The Hall–Kier alpha value is -1.77. The Labute approximate surface area is 103 Å². The van der Waals surface area contributed by atoms with Crippen LogP contribution in [0.1, 0.15) is 18.9 Å². The number of aryl methyl sites for hydroxylation is 2. The van der Waals surface area contributed by atoms with Crippen LogP contribution in [-0.2, 0) is 13.5 Å². The van der Waals surface area contributed by atoms with E-state index in [9.17, 15) is 0 Å². The Morgan fingerprint density at radius 2 is 2.06 bits per heavy atom. The fraction of sp³-hybridized carbons (Fsp3) is 0.357. The standard InChI is InChI=1S/C14H19N3/c1-12(16-14-15-10-11-17(14)2)8-9-13-6-4-3-5-7-13/h3-7,10-12H,8-9H2,1-2H3,(H,15,16). The summed E-state index contributed by atoms with van der Waals surface area (Å²) in [4.78, 5) is 4.26. The molecule has 0 aliphatic heterocycles. The molecule has 0 aliphatic carbocycles. The van der Waals surface area contributed by atoms with Gasteiger partial charge in [0.1, 0.15) is 0 Å². The smallest absolute Gasteiger partial charge is 0.202 e. The highest BCUT2D eigenvalue weighted by Gasteiger charge is 2.05. The average Bonchev–Trinajstić information content (AvgIpc) is 2.74. The van der Waals surface area contributed by atoms with Crippen LogP contribution in [0.3, 0.4) is 0 Å². The number of anilines is 1. The number of rotatable bonds is 5. The molecule has 0 amide bonds. The van der Waals surface area contributed by atoms with Gasteiger partial charge in [-0.25, -0.2) is 4.98 Å². The first-order valence-electron chi connectivity index (χ1n) is 6.03. The predicted molar refractivity (Wildman–Crippen MR) is 71.1 cm³/mol. The summed E-state index contributed by atoms with van der Waals surface area (Å²) in [5.74, 6) is 0.936. The minimum absolute atomic E-state index is 0.427. The third-order valence-electron chi connectivity index (χ3n) is 2.91. The van der Waals surface area contributed by atoms with E-state index >= 15 is 0 Å². The van der Waals surface area contributed by atoms with Gasteiger partial charge in [-0.05, 0) is 25.3 Å². The number of aromatic nitrogens is 2. The minimum atomic E-state index is 0.427. The van der Waals surface area contributed by atoms with Gasteiger partial charge in [0.25, 0.3) is 0 Å². The predicted octanol–water partition coefficient (Wildman–Crippen LogP) is 2.85. The minimum Gasteiger partial charge on any atom is -0.353 e. The molecule has 90 valence electrons. The van der Waals surface area contributed by atoms with Gasteiger partial charge in [-0.1, -0.05) is 30.3 Å². The highest BCUT2D eigenvalue weighted by Crippen LogP contribution is 2.09. The number of hydrogen-bond donors (Lipinski definition) is 1. The van der Waals surface area contributed by atoms with Crippen LogP contribution < -0.4 is 5.32 Å². The number of imidazole rings is 1. The molecule has 1 unspecified atom stereocenters. The lowest BCUT2D eigenvalue weighted by atomic mass is 10.1. The third kappa shape index (κ3) is 3.34. The summed E-state index contributed by atoms with van der Waals surface area (Å²) in [6.45, 7) is 2.19. The number of nitrogens with zero attached hydrogens (tertiary/aromatic N) is 2. The lowest BCUT2D eigenvalue weighted by Gasteiger charge is -2.14. The van der Waals surface area contributed by atoms with Crippen LogP contribution in [0.25, 0.3) is 0 Å². The summed E-state index contributed by atoms with van der Waals surface area (Å²) in [5, 5.41) is 3.41. The molecule has 17 heavy (non-hydrogen) atoms. The summed E-state index contributed by atoms with van der Waals surface area (Å²) >= 11 is 0. The van der Waals surface area contributed by atoms with E-state index in [2.05, 4.69) is 47.6 Å². The fourth-order valence-electron chi connectivity index (χ4n) is 1.83. The molecule has 2 aromatic rings. The second-order valence-corrected chi connectivity index (χ2v) is 4.43. The second-order valence-electron chi connectivity index (χ2n) is 4.43. The average molecular weight is 229 g/mol. The zero-order chi connectivity index (χ0) is 12.1. The van der Waals surface area contributed by atoms with Crippen molar-refractivity contribution in [3.05, 3.63) is 48.3 Å². The van der Waals surface area contributed by atoms with E-state index in [4.69, 9.17) is 0 Å². The summed E-state index contributed by atoms with van der Waals surface area (Å²) < 4.78 is 2.00. The first-order valence-corrected chi connectivity index (χ1v) is 6.03. The van der Waals surface area contributed by atoms with Crippen molar-refractivity contribution in [2.45, 2.75) is 25.8 Å². The van der Waals surface area contributed by atoms with Crippen LogP contribution in [0, 0.1) is 0 Å². The van der Waals surface area contributed by atoms with Crippen LogP contribution in [0.5, 0.6) is 0 Å². The van der Waals surface area contributed by atoms with Crippen molar-refractivity contribution >= 4 is 5.95 Å². The molecule has 1 atom stereocenters. The largest absolute Gasteiger partial charge is 0.353 e. The molecule has 1 aromatic carbocycles. The Bertz CT molecular complexity index is 448. The first kappa shape index (κ1) is 11.7. The molecule has 1 aromatic heterocycles. The first-order chi connectivity index (χ1) is 8.25. The molecular formula is C14H19N3. The monoisotopic (exact) mass is 229 g/mol. The zero-order valence-corrected chi connectivity index (χ0v) is 10.4. The SMILES string of the molecule is CC(CCc1ccccc1)Nc1nccn1C. The number of hydrogen-bond acceptors (Lipinski definition) is 2. The molecule has 0 aliphatic rings. The van der Waals surface area contributed by atoms with Crippen molar-refractivity contribution in [3.8, 4) is 0 Å². The van der Waals surface area contributed by atoms with Gasteiger partial charge in [-0.15, -0.1) is 0 Å². The third-order valence-corrected chi connectivity index (χ3v) is 2.91. The quantitative estimate of drug-likeness (QED) is 0.854. The maximum Gasteiger partial charge on any atom is 0.202 e. The maximum absolute atomic E-state index is 4.26. The summed E-state index contributed by atoms with van der Waals surface area (Å²) in [5.41, 5.74) is 1.39. The molecule has 0 radical (unpaired) electrons. The molecule has 0 saturated heterocycles. The van der Waals surface area contributed by atoms with E-state index in [1.165, 1.54) is 5.56 Å². The highest BCUT2D eigenvalue weighted by atomic mass is 15.2. The molecule has 0 fully saturated rings. The molecule has 3 heteroatoms. The summed E-state index contributed by atoms with van der Waals surface area (Å²) in [6.07, 6.45) is 5.97. The van der Waals surface area contributed by atoms with Gasteiger partial charge in [-0.2, -0.15) is 0 Å². The van der Waals surface area contributed by atoms with Crippen molar-refractivity contribution in [2.75, 3.05) is 5.32 Å². The Kier molecular flexibility index (Phi) is 3.81. The summed E-state index contributed by atoms with van der Waals surface area (Å²) in [7, 11) is 2.00. The maximum atomic E-state index is 4.26. The van der Waals surface area contributed by atoms with Crippen LogP contribution in [0.2, 0.25) is 0 Å². The lowest BCUT2D eigenvalue weighted by molar-refractivity contribution is 0.692. The van der Waals surface area contributed by atoms with Crippen LogP contribution in [0.4, 0.5) is 5.95 Å². The van der Waals surface area contributed by atoms with E-state index in [0.717, 1.165) is 18.8 Å². The van der Waals surface area contributed by atoms with Gasteiger partial charge in [0.2, 0.25) is 5.95 Å². The summed E-state index contributed by atoms with van der Waals surface area (Å²) in [6, 6.07) is 11.0. The molecular weight excluding hydrogens is 210 g/mol. The van der Waals surface area contributed by atoms with Gasteiger partial charge in [-0.3, -0.25) is 0 Å². The Balaban J connectivity index is 1.82. The van der Waals surface area contributed by atoms with Crippen molar-refractivity contribution < 1.29 is 0 Å². The molecule has 3 nitrogen and oxygen atoms in total. The second kappa shape index (κ2) is 5.53. The molecule has 0 saturated carbocycles. The van der Waals surface area contributed by atoms with E-state index in [1.807, 2.05) is 24.0 Å². The van der Waals surface area contributed by atoms with Gasteiger partial charge >= 0.3 is 0 Å². The Morgan fingerprint density at radius 1 is 1.29 bits per heavy atom. The zero-order valence-electron chi connectivity index (χ0n) is 10.4.